The monoisotopic (exact) mass is 389 g/mol. The summed E-state index contributed by atoms with van der Waals surface area (Å²) in [5, 5.41) is 16.8. The number of halogens is 2. The van der Waals surface area contributed by atoms with E-state index in [1.165, 1.54) is 23.2 Å². The number of carbonyl (C=O) groups excluding carboxylic acids is 1. The standard InChI is InChI=1S/C18H13Cl2N3O3/c1-10-3-5-13(6-4-10)22-18(24)14(11(2)21-22)7-12-8-17(23(25)26)16(20)9-15(12)19/h3-9H,1-2H3/b14-7+. The van der Waals surface area contributed by atoms with Gasteiger partial charge in [-0.3, -0.25) is 14.9 Å². The quantitative estimate of drug-likeness (QED) is 0.420. The van der Waals surface area contributed by atoms with Gasteiger partial charge in [0.2, 0.25) is 0 Å². The van der Waals surface area contributed by atoms with Gasteiger partial charge in [-0.25, -0.2) is 0 Å². The summed E-state index contributed by atoms with van der Waals surface area (Å²) in [4.78, 5) is 23.2. The number of benzene rings is 2. The Morgan fingerprint density at radius 2 is 1.77 bits per heavy atom. The Kier molecular flexibility index (Phi) is 4.80. The number of amides is 1. The van der Waals surface area contributed by atoms with Crippen molar-refractivity contribution in [2.75, 3.05) is 5.01 Å². The molecule has 0 atom stereocenters. The van der Waals surface area contributed by atoms with Gasteiger partial charge in [0.25, 0.3) is 11.6 Å². The molecule has 0 radical (unpaired) electrons. The van der Waals surface area contributed by atoms with Crippen LogP contribution < -0.4 is 5.01 Å². The van der Waals surface area contributed by atoms with Gasteiger partial charge in [0.15, 0.2) is 0 Å². The smallest absolute Gasteiger partial charge is 0.267 e. The zero-order valence-electron chi connectivity index (χ0n) is 13.9. The van der Waals surface area contributed by atoms with Crippen LogP contribution in [0.25, 0.3) is 6.08 Å². The van der Waals surface area contributed by atoms with E-state index in [-0.39, 0.29) is 21.6 Å². The molecule has 1 amide bonds. The van der Waals surface area contributed by atoms with Crippen molar-refractivity contribution in [2.24, 2.45) is 5.10 Å². The summed E-state index contributed by atoms with van der Waals surface area (Å²) in [7, 11) is 0. The minimum Gasteiger partial charge on any atom is -0.267 e. The fraction of sp³-hybridized carbons (Fsp3) is 0.111. The molecule has 8 heteroatoms. The third-order valence-electron chi connectivity index (χ3n) is 3.90. The largest absolute Gasteiger partial charge is 0.288 e. The number of hydrogen-bond acceptors (Lipinski definition) is 4. The number of anilines is 1. The third-order valence-corrected chi connectivity index (χ3v) is 4.53. The highest BCUT2D eigenvalue weighted by atomic mass is 35.5. The van der Waals surface area contributed by atoms with E-state index in [1.807, 2.05) is 19.1 Å². The van der Waals surface area contributed by atoms with Crippen LogP contribution in [-0.2, 0) is 4.79 Å². The molecule has 0 fully saturated rings. The molecule has 132 valence electrons. The maximum Gasteiger partial charge on any atom is 0.288 e. The van der Waals surface area contributed by atoms with Crippen molar-refractivity contribution in [1.82, 2.24) is 0 Å². The second kappa shape index (κ2) is 6.90. The van der Waals surface area contributed by atoms with Crippen LogP contribution in [0.2, 0.25) is 10.0 Å². The van der Waals surface area contributed by atoms with Crippen LogP contribution >= 0.6 is 23.2 Å². The average Bonchev–Trinajstić information content (AvgIpc) is 2.85. The van der Waals surface area contributed by atoms with Gasteiger partial charge in [-0.15, -0.1) is 0 Å². The lowest BCUT2D eigenvalue weighted by atomic mass is 10.1. The highest BCUT2D eigenvalue weighted by molar-refractivity contribution is 6.37. The average molecular weight is 390 g/mol. The second-order valence-corrected chi connectivity index (χ2v) is 6.59. The lowest BCUT2D eigenvalue weighted by Crippen LogP contribution is -2.21. The Labute approximate surface area is 159 Å². The first-order chi connectivity index (χ1) is 12.3. The van der Waals surface area contributed by atoms with Crippen molar-refractivity contribution in [3.63, 3.8) is 0 Å². The number of carbonyl (C=O) groups is 1. The van der Waals surface area contributed by atoms with Crippen molar-refractivity contribution in [2.45, 2.75) is 13.8 Å². The molecule has 0 saturated heterocycles. The second-order valence-electron chi connectivity index (χ2n) is 5.78. The summed E-state index contributed by atoms with van der Waals surface area (Å²) < 4.78 is 0. The molecule has 0 spiro atoms. The van der Waals surface area contributed by atoms with Crippen LogP contribution in [0.15, 0.2) is 47.1 Å². The molecular weight excluding hydrogens is 377 g/mol. The molecule has 2 aromatic carbocycles. The number of rotatable bonds is 3. The molecule has 3 rings (SSSR count). The Morgan fingerprint density at radius 3 is 2.38 bits per heavy atom. The van der Waals surface area contributed by atoms with Gasteiger partial charge in [0, 0.05) is 16.7 Å². The lowest BCUT2D eigenvalue weighted by molar-refractivity contribution is -0.384. The van der Waals surface area contributed by atoms with Crippen molar-refractivity contribution >= 4 is 52.3 Å². The molecule has 1 aliphatic heterocycles. The number of nitrogens with zero attached hydrogens (tertiary/aromatic N) is 3. The van der Waals surface area contributed by atoms with Crippen molar-refractivity contribution in [3.05, 3.63) is 73.3 Å². The number of hydrogen-bond donors (Lipinski definition) is 0. The Balaban J connectivity index is 2.01. The molecule has 1 heterocycles. The fourth-order valence-electron chi connectivity index (χ4n) is 2.51. The van der Waals surface area contributed by atoms with E-state index in [1.54, 1.807) is 19.1 Å². The fourth-order valence-corrected chi connectivity index (χ4v) is 3.01. The summed E-state index contributed by atoms with van der Waals surface area (Å²) in [6.45, 7) is 3.64. The molecule has 26 heavy (non-hydrogen) atoms. The minimum absolute atomic E-state index is 0.0634. The molecule has 2 aromatic rings. The zero-order chi connectivity index (χ0) is 19.0. The first-order valence-corrected chi connectivity index (χ1v) is 8.35. The van der Waals surface area contributed by atoms with Gasteiger partial charge in [-0.2, -0.15) is 10.1 Å². The van der Waals surface area contributed by atoms with E-state index < -0.39 is 4.92 Å². The first-order valence-electron chi connectivity index (χ1n) is 7.60. The summed E-state index contributed by atoms with van der Waals surface area (Å²) in [6, 6.07) is 9.90. The maximum atomic E-state index is 12.7. The van der Waals surface area contributed by atoms with Crippen molar-refractivity contribution in [1.29, 1.82) is 0 Å². The highest BCUT2D eigenvalue weighted by Crippen LogP contribution is 2.33. The highest BCUT2D eigenvalue weighted by Gasteiger charge is 2.29. The zero-order valence-corrected chi connectivity index (χ0v) is 15.4. The van der Waals surface area contributed by atoms with Crippen molar-refractivity contribution in [3.8, 4) is 0 Å². The SMILES string of the molecule is CC1=NN(c2ccc(C)cc2)C(=O)/C1=C/c1cc([N+](=O)[O-])c(Cl)cc1Cl. The molecule has 0 unspecified atom stereocenters. The summed E-state index contributed by atoms with van der Waals surface area (Å²) in [5.41, 5.74) is 2.55. The molecule has 6 nitrogen and oxygen atoms in total. The molecule has 0 saturated carbocycles. The number of hydrazone groups is 1. The van der Waals surface area contributed by atoms with Crippen LogP contribution in [0, 0.1) is 17.0 Å². The number of nitro groups is 1. The normalized spacial score (nSPS) is 15.5. The van der Waals surface area contributed by atoms with Crippen LogP contribution in [0.3, 0.4) is 0 Å². The van der Waals surface area contributed by atoms with Crippen LogP contribution in [0.4, 0.5) is 11.4 Å². The van der Waals surface area contributed by atoms with Crippen molar-refractivity contribution < 1.29 is 9.72 Å². The van der Waals surface area contributed by atoms with Gasteiger partial charge < -0.3 is 0 Å². The van der Waals surface area contributed by atoms with E-state index >= 15 is 0 Å². The predicted molar refractivity (Wildman–Crippen MR) is 103 cm³/mol. The summed E-state index contributed by atoms with van der Waals surface area (Å²) >= 11 is 12.0. The van der Waals surface area contributed by atoms with E-state index in [2.05, 4.69) is 5.10 Å². The summed E-state index contributed by atoms with van der Waals surface area (Å²) in [5.74, 6) is -0.333. The maximum absolute atomic E-state index is 12.7. The number of nitro benzene ring substituents is 1. The van der Waals surface area contributed by atoms with Crippen LogP contribution in [0.1, 0.15) is 18.1 Å². The lowest BCUT2D eigenvalue weighted by Gasteiger charge is -2.11. The van der Waals surface area contributed by atoms with Gasteiger partial charge in [0.1, 0.15) is 5.02 Å². The van der Waals surface area contributed by atoms with Gasteiger partial charge in [-0.1, -0.05) is 40.9 Å². The molecular formula is C18H13Cl2N3O3. The van der Waals surface area contributed by atoms with Gasteiger partial charge in [0.05, 0.1) is 21.9 Å². The van der Waals surface area contributed by atoms with E-state index in [0.29, 0.717) is 22.5 Å². The number of aryl methyl sites for hydroxylation is 1. The van der Waals surface area contributed by atoms with Crippen LogP contribution in [-0.4, -0.2) is 16.5 Å². The van der Waals surface area contributed by atoms with Gasteiger partial charge >= 0.3 is 0 Å². The third kappa shape index (κ3) is 3.34. The first kappa shape index (κ1) is 18.1. The van der Waals surface area contributed by atoms with Gasteiger partial charge in [-0.05, 0) is 38.1 Å². The van der Waals surface area contributed by atoms with E-state index in [9.17, 15) is 14.9 Å². The van der Waals surface area contributed by atoms with E-state index in [0.717, 1.165) is 5.56 Å². The van der Waals surface area contributed by atoms with Crippen LogP contribution in [0.5, 0.6) is 0 Å². The Bertz CT molecular complexity index is 982. The molecule has 0 bridgehead atoms. The Morgan fingerprint density at radius 1 is 1.12 bits per heavy atom. The molecule has 0 aromatic heterocycles. The molecule has 0 aliphatic carbocycles. The van der Waals surface area contributed by atoms with E-state index in [4.69, 9.17) is 23.2 Å². The summed E-state index contributed by atoms with van der Waals surface area (Å²) in [6.07, 6.45) is 1.49. The molecule has 1 aliphatic rings. The predicted octanol–water partition coefficient (Wildman–Crippen LogP) is 5.02. The topological polar surface area (TPSA) is 75.8 Å². The minimum atomic E-state index is -0.601. The Hall–Kier alpha value is -2.70. The molecule has 0 N–H and O–H groups in total.